The third-order valence-corrected chi connectivity index (χ3v) is 3.41. The van der Waals surface area contributed by atoms with Crippen LogP contribution in [-0.2, 0) is 14.3 Å². The van der Waals surface area contributed by atoms with Crippen molar-refractivity contribution in [1.29, 1.82) is 0 Å². The minimum Gasteiger partial charge on any atom is -0.465 e. The van der Waals surface area contributed by atoms with Gasteiger partial charge in [-0.2, -0.15) is 0 Å². The minimum atomic E-state index is -0.296. The number of anilines is 1. The van der Waals surface area contributed by atoms with Crippen LogP contribution < -0.4 is 5.32 Å². The van der Waals surface area contributed by atoms with E-state index < -0.39 is 0 Å². The summed E-state index contributed by atoms with van der Waals surface area (Å²) in [6, 6.07) is 0. The van der Waals surface area contributed by atoms with Crippen molar-refractivity contribution >= 4 is 40.1 Å². The van der Waals surface area contributed by atoms with Crippen LogP contribution in [0.3, 0.4) is 0 Å². The third kappa shape index (κ3) is 5.69. The monoisotopic (exact) mass is 274 g/mol. The molecule has 0 spiro atoms. The Morgan fingerprint density at radius 1 is 1.53 bits per heavy atom. The number of aryl methyl sites for hydroxylation is 1. The highest BCUT2D eigenvalue weighted by Gasteiger charge is 2.07. The van der Waals surface area contributed by atoms with Gasteiger partial charge in [0, 0.05) is 5.38 Å². The first kappa shape index (κ1) is 14.0. The van der Waals surface area contributed by atoms with Crippen LogP contribution in [0.1, 0.15) is 12.6 Å². The van der Waals surface area contributed by atoms with Crippen molar-refractivity contribution in [2.45, 2.75) is 13.8 Å². The molecule has 1 aromatic rings. The molecular weight excluding hydrogens is 260 g/mol. The fourth-order valence-electron chi connectivity index (χ4n) is 0.996. The average molecular weight is 274 g/mol. The Hall–Kier alpha value is -1.08. The van der Waals surface area contributed by atoms with E-state index >= 15 is 0 Å². The molecule has 0 fully saturated rings. The lowest BCUT2D eigenvalue weighted by molar-refractivity contribution is -0.139. The summed E-state index contributed by atoms with van der Waals surface area (Å²) in [6.07, 6.45) is 0. The maximum absolute atomic E-state index is 11.4. The summed E-state index contributed by atoms with van der Waals surface area (Å²) in [6.45, 7) is 3.98. The summed E-state index contributed by atoms with van der Waals surface area (Å²) < 4.78 is 4.74. The molecule has 0 aliphatic carbocycles. The van der Waals surface area contributed by atoms with Gasteiger partial charge in [-0.1, -0.05) is 0 Å². The van der Waals surface area contributed by atoms with Crippen LogP contribution >= 0.6 is 23.1 Å². The lowest BCUT2D eigenvalue weighted by Crippen LogP contribution is -2.16. The number of ether oxygens (including phenoxy) is 1. The van der Waals surface area contributed by atoms with Gasteiger partial charge in [0.05, 0.1) is 23.8 Å². The van der Waals surface area contributed by atoms with E-state index in [1.807, 2.05) is 12.3 Å². The molecule has 1 aromatic heterocycles. The van der Waals surface area contributed by atoms with Gasteiger partial charge in [-0.3, -0.25) is 9.59 Å². The Bertz CT molecular complexity index is 393. The molecule has 1 rings (SSSR count). The molecule has 0 aliphatic rings. The molecule has 1 amide bonds. The number of rotatable bonds is 6. The highest BCUT2D eigenvalue weighted by molar-refractivity contribution is 8.00. The molecular formula is C10H14N2O3S2. The molecule has 94 valence electrons. The molecule has 0 unspecified atom stereocenters. The molecule has 1 heterocycles. The smallest absolute Gasteiger partial charge is 0.315 e. The Kier molecular flexibility index (Phi) is 5.99. The van der Waals surface area contributed by atoms with Crippen LogP contribution in [-0.4, -0.2) is 35.0 Å². The van der Waals surface area contributed by atoms with E-state index in [2.05, 4.69) is 10.3 Å². The SMILES string of the molecule is CCOC(=O)CSCC(=O)Nc1nc(C)cs1. The van der Waals surface area contributed by atoms with Crippen molar-refractivity contribution in [3.8, 4) is 0 Å². The largest absolute Gasteiger partial charge is 0.465 e. The normalized spacial score (nSPS) is 10.0. The average Bonchev–Trinajstić information content (AvgIpc) is 2.64. The Labute approximate surface area is 108 Å². The lowest BCUT2D eigenvalue weighted by Gasteiger charge is -2.02. The second kappa shape index (κ2) is 7.29. The van der Waals surface area contributed by atoms with E-state index in [4.69, 9.17) is 4.74 Å². The number of nitrogens with zero attached hydrogens (tertiary/aromatic N) is 1. The Balaban J connectivity index is 2.19. The van der Waals surface area contributed by atoms with Crippen LogP contribution in [0.5, 0.6) is 0 Å². The molecule has 0 aliphatic heterocycles. The predicted octanol–water partition coefficient (Wildman–Crippen LogP) is 1.69. The van der Waals surface area contributed by atoms with Crippen LogP contribution in [0, 0.1) is 6.92 Å². The number of esters is 1. The number of hydrogen-bond donors (Lipinski definition) is 1. The molecule has 7 heteroatoms. The number of nitrogens with one attached hydrogen (secondary N) is 1. The van der Waals surface area contributed by atoms with Crippen LogP contribution in [0.15, 0.2) is 5.38 Å². The van der Waals surface area contributed by atoms with E-state index in [1.54, 1.807) is 6.92 Å². The summed E-state index contributed by atoms with van der Waals surface area (Å²) >= 11 is 2.61. The van der Waals surface area contributed by atoms with Crippen LogP contribution in [0.2, 0.25) is 0 Å². The summed E-state index contributed by atoms with van der Waals surface area (Å²) in [5.74, 6) is -0.0423. The fourth-order valence-corrected chi connectivity index (χ4v) is 2.31. The van der Waals surface area contributed by atoms with Crippen molar-refractivity contribution in [3.05, 3.63) is 11.1 Å². The minimum absolute atomic E-state index is 0.159. The quantitative estimate of drug-likeness (QED) is 0.799. The maximum atomic E-state index is 11.4. The molecule has 0 radical (unpaired) electrons. The van der Waals surface area contributed by atoms with E-state index in [1.165, 1.54) is 23.1 Å². The molecule has 0 aromatic carbocycles. The zero-order valence-corrected chi connectivity index (χ0v) is 11.3. The number of carbonyl (C=O) groups is 2. The molecule has 5 nitrogen and oxygen atoms in total. The van der Waals surface area contributed by atoms with Gasteiger partial charge < -0.3 is 10.1 Å². The second-order valence-electron chi connectivity index (χ2n) is 3.14. The Morgan fingerprint density at radius 2 is 2.29 bits per heavy atom. The molecule has 0 atom stereocenters. The van der Waals surface area contributed by atoms with Gasteiger partial charge in [0.25, 0.3) is 0 Å². The van der Waals surface area contributed by atoms with E-state index in [0.29, 0.717) is 11.7 Å². The number of thiazole rings is 1. The number of thioether (sulfide) groups is 1. The second-order valence-corrected chi connectivity index (χ2v) is 4.98. The van der Waals surface area contributed by atoms with Gasteiger partial charge in [0.1, 0.15) is 0 Å². The van der Waals surface area contributed by atoms with Crippen molar-refractivity contribution < 1.29 is 14.3 Å². The highest BCUT2D eigenvalue weighted by atomic mass is 32.2. The van der Waals surface area contributed by atoms with E-state index in [0.717, 1.165) is 5.69 Å². The number of aromatic nitrogens is 1. The fraction of sp³-hybridized carbons (Fsp3) is 0.500. The number of carbonyl (C=O) groups excluding carboxylic acids is 2. The summed E-state index contributed by atoms with van der Waals surface area (Å²) in [7, 11) is 0. The van der Waals surface area contributed by atoms with Gasteiger partial charge in [-0.25, -0.2) is 4.98 Å². The highest BCUT2D eigenvalue weighted by Crippen LogP contribution is 2.14. The molecule has 0 saturated carbocycles. The zero-order valence-electron chi connectivity index (χ0n) is 9.69. The molecule has 17 heavy (non-hydrogen) atoms. The van der Waals surface area contributed by atoms with E-state index in [-0.39, 0.29) is 23.4 Å². The van der Waals surface area contributed by atoms with Gasteiger partial charge in [0.2, 0.25) is 5.91 Å². The van der Waals surface area contributed by atoms with Gasteiger partial charge in [-0.15, -0.1) is 23.1 Å². The van der Waals surface area contributed by atoms with Gasteiger partial charge in [-0.05, 0) is 13.8 Å². The van der Waals surface area contributed by atoms with Crippen molar-refractivity contribution in [3.63, 3.8) is 0 Å². The molecule has 1 N–H and O–H groups in total. The summed E-state index contributed by atoms with van der Waals surface area (Å²) in [5, 5.41) is 5.11. The number of hydrogen-bond acceptors (Lipinski definition) is 6. The van der Waals surface area contributed by atoms with Crippen molar-refractivity contribution in [2.75, 3.05) is 23.4 Å². The third-order valence-electron chi connectivity index (χ3n) is 1.62. The van der Waals surface area contributed by atoms with Gasteiger partial charge >= 0.3 is 5.97 Å². The predicted molar refractivity (Wildman–Crippen MR) is 69.4 cm³/mol. The topological polar surface area (TPSA) is 68.3 Å². The van der Waals surface area contributed by atoms with Gasteiger partial charge in [0.15, 0.2) is 5.13 Å². The van der Waals surface area contributed by atoms with Crippen molar-refractivity contribution in [2.24, 2.45) is 0 Å². The molecule has 0 bridgehead atoms. The first-order valence-electron chi connectivity index (χ1n) is 5.07. The van der Waals surface area contributed by atoms with Crippen LogP contribution in [0.25, 0.3) is 0 Å². The van der Waals surface area contributed by atoms with Crippen molar-refractivity contribution in [1.82, 2.24) is 4.98 Å². The standard InChI is InChI=1S/C10H14N2O3S2/c1-3-15-9(14)6-16-5-8(13)12-10-11-7(2)4-17-10/h4H,3,5-6H2,1-2H3,(H,11,12,13). The summed E-state index contributed by atoms with van der Waals surface area (Å²) in [4.78, 5) is 26.6. The van der Waals surface area contributed by atoms with E-state index in [9.17, 15) is 9.59 Å². The zero-order chi connectivity index (χ0) is 12.7. The molecule has 0 saturated heterocycles. The first-order valence-corrected chi connectivity index (χ1v) is 7.10. The first-order chi connectivity index (χ1) is 8.11. The Morgan fingerprint density at radius 3 is 2.88 bits per heavy atom. The van der Waals surface area contributed by atoms with Crippen LogP contribution in [0.4, 0.5) is 5.13 Å². The lowest BCUT2D eigenvalue weighted by atomic mass is 10.6. The number of amides is 1. The summed E-state index contributed by atoms with van der Waals surface area (Å²) in [5.41, 5.74) is 0.879. The maximum Gasteiger partial charge on any atom is 0.315 e.